The molecule has 0 radical (unpaired) electrons. The molecule has 0 aromatic rings. The van der Waals surface area contributed by atoms with Gasteiger partial charge < -0.3 is 0 Å². The molecule has 0 amide bonds. The largest absolute Gasteiger partial charge is 0.299 e. The van der Waals surface area contributed by atoms with E-state index in [9.17, 15) is 4.79 Å². The lowest BCUT2D eigenvalue weighted by Gasteiger charge is -2.31. The molecule has 17 heavy (non-hydrogen) atoms. The summed E-state index contributed by atoms with van der Waals surface area (Å²) in [6.45, 7) is 2.32. The Labute approximate surface area is 110 Å². The normalized spacial score (nSPS) is 38.9. The highest BCUT2D eigenvalue weighted by atomic mass is 32.2. The third kappa shape index (κ3) is 3.49. The van der Waals surface area contributed by atoms with Crippen LogP contribution in [0, 0.1) is 17.8 Å². The van der Waals surface area contributed by atoms with Crippen molar-refractivity contribution in [3.05, 3.63) is 0 Å². The van der Waals surface area contributed by atoms with E-state index in [4.69, 9.17) is 0 Å². The van der Waals surface area contributed by atoms with Crippen LogP contribution in [0.5, 0.6) is 0 Å². The molecule has 2 fully saturated rings. The summed E-state index contributed by atoms with van der Waals surface area (Å²) in [4.78, 5) is 12.4. The molecule has 2 aliphatic carbocycles. The van der Waals surface area contributed by atoms with E-state index in [1.54, 1.807) is 0 Å². The van der Waals surface area contributed by atoms with Crippen LogP contribution in [0.25, 0.3) is 0 Å². The van der Waals surface area contributed by atoms with Crippen molar-refractivity contribution in [1.82, 2.24) is 0 Å². The van der Waals surface area contributed by atoms with E-state index < -0.39 is 0 Å². The van der Waals surface area contributed by atoms with Crippen LogP contribution in [0.3, 0.4) is 0 Å². The van der Waals surface area contributed by atoms with Crippen molar-refractivity contribution < 1.29 is 4.79 Å². The Balaban J connectivity index is 1.80. The lowest BCUT2D eigenvalue weighted by molar-refractivity contribution is -0.128. The Hall–Kier alpha value is 0.0200. The summed E-state index contributed by atoms with van der Waals surface area (Å²) in [5.74, 6) is 2.31. The molecule has 2 aliphatic rings. The summed E-state index contributed by atoms with van der Waals surface area (Å²) in [6.07, 6.45) is 11.9. The summed E-state index contributed by atoms with van der Waals surface area (Å²) in [6, 6.07) is 0. The van der Waals surface area contributed by atoms with Gasteiger partial charge in [-0.05, 0) is 50.7 Å². The Kier molecular flexibility index (Phi) is 4.96. The van der Waals surface area contributed by atoms with Crippen LogP contribution in [0.4, 0.5) is 0 Å². The first kappa shape index (κ1) is 13.5. The van der Waals surface area contributed by atoms with E-state index in [0.29, 0.717) is 17.6 Å². The van der Waals surface area contributed by atoms with Gasteiger partial charge in [0, 0.05) is 17.1 Å². The van der Waals surface area contributed by atoms with Crippen molar-refractivity contribution in [2.45, 2.75) is 63.5 Å². The van der Waals surface area contributed by atoms with E-state index in [1.165, 1.54) is 38.5 Å². The van der Waals surface area contributed by atoms with E-state index in [1.807, 2.05) is 11.8 Å². The first-order chi connectivity index (χ1) is 8.20. The van der Waals surface area contributed by atoms with E-state index in [0.717, 1.165) is 24.0 Å². The Morgan fingerprint density at radius 1 is 0.882 bits per heavy atom. The molecule has 0 bridgehead atoms. The van der Waals surface area contributed by atoms with Crippen molar-refractivity contribution in [3.8, 4) is 0 Å². The number of carbonyl (C=O) groups excluding carboxylic acids is 1. The summed E-state index contributed by atoms with van der Waals surface area (Å²) in [5.41, 5.74) is 0. The zero-order valence-electron chi connectivity index (χ0n) is 11.3. The first-order valence-corrected chi connectivity index (χ1v) is 8.56. The zero-order valence-corrected chi connectivity index (χ0v) is 12.1. The van der Waals surface area contributed by atoms with Crippen molar-refractivity contribution in [1.29, 1.82) is 0 Å². The minimum Gasteiger partial charge on any atom is -0.299 e. The van der Waals surface area contributed by atoms with Gasteiger partial charge in [0.25, 0.3) is 0 Å². The number of hydrogen-bond acceptors (Lipinski definition) is 2. The summed E-state index contributed by atoms with van der Waals surface area (Å²) < 4.78 is 0. The molecule has 2 heteroatoms. The molecule has 0 aliphatic heterocycles. The smallest absolute Gasteiger partial charge is 0.139 e. The highest BCUT2D eigenvalue weighted by Crippen LogP contribution is 2.36. The Morgan fingerprint density at radius 3 is 1.82 bits per heavy atom. The maximum Gasteiger partial charge on any atom is 0.139 e. The van der Waals surface area contributed by atoms with Gasteiger partial charge >= 0.3 is 0 Å². The SMILES string of the molecule is CSC1CCC(C(=O)C2CCC(C)CC2)CC1. The topological polar surface area (TPSA) is 17.1 Å². The number of Topliss-reactive ketones (excluding diaryl/α,β-unsaturated/α-hetero) is 1. The van der Waals surface area contributed by atoms with Gasteiger partial charge in [-0.3, -0.25) is 4.79 Å². The summed E-state index contributed by atoms with van der Waals surface area (Å²) in [7, 11) is 0. The summed E-state index contributed by atoms with van der Waals surface area (Å²) >= 11 is 1.98. The van der Waals surface area contributed by atoms with E-state index in [2.05, 4.69) is 13.2 Å². The fraction of sp³-hybridized carbons (Fsp3) is 0.933. The van der Waals surface area contributed by atoms with Gasteiger partial charge in [0.2, 0.25) is 0 Å². The third-order valence-electron chi connectivity index (χ3n) is 4.83. The van der Waals surface area contributed by atoms with E-state index in [-0.39, 0.29) is 0 Å². The van der Waals surface area contributed by atoms with E-state index >= 15 is 0 Å². The Bertz CT molecular complexity index is 248. The van der Waals surface area contributed by atoms with Gasteiger partial charge in [-0.2, -0.15) is 11.8 Å². The predicted molar refractivity (Wildman–Crippen MR) is 75.4 cm³/mol. The van der Waals surface area contributed by atoms with Crippen molar-refractivity contribution >= 4 is 17.5 Å². The fourth-order valence-electron chi connectivity index (χ4n) is 3.46. The van der Waals surface area contributed by atoms with Crippen LogP contribution >= 0.6 is 11.8 Å². The molecule has 98 valence electrons. The minimum atomic E-state index is 0.414. The zero-order chi connectivity index (χ0) is 12.3. The second-order valence-electron chi connectivity index (χ2n) is 6.07. The van der Waals surface area contributed by atoms with Crippen LogP contribution in [0.1, 0.15) is 58.3 Å². The summed E-state index contributed by atoms with van der Waals surface area (Å²) in [5, 5.41) is 0.824. The number of ketones is 1. The van der Waals surface area contributed by atoms with Crippen molar-refractivity contribution in [2.75, 3.05) is 6.26 Å². The fourth-order valence-corrected chi connectivity index (χ4v) is 4.20. The molecular weight excluding hydrogens is 228 g/mol. The quantitative estimate of drug-likeness (QED) is 0.747. The number of thioether (sulfide) groups is 1. The van der Waals surface area contributed by atoms with Gasteiger partial charge in [-0.15, -0.1) is 0 Å². The molecule has 0 spiro atoms. The maximum absolute atomic E-state index is 12.4. The molecule has 0 aromatic carbocycles. The number of carbonyl (C=O) groups is 1. The maximum atomic E-state index is 12.4. The predicted octanol–water partition coefficient (Wildman–Crippen LogP) is 4.30. The molecule has 0 atom stereocenters. The second-order valence-corrected chi connectivity index (χ2v) is 7.21. The average Bonchev–Trinajstić information content (AvgIpc) is 2.39. The van der Waals surface area contributed by atoms with Crippen LogP contribution < -0.4 is 0 Å². The molecule has 2 rings (SSSR count). The highest BCUT2D eigenvalue weighted by Gasteiger charge is 2.32. The molecule has 1 nitrogen and oxygen atoms in total. The lowest BCUT2D eigenvalue weighted by Crippen LogP contribution is -2.30. The third-order valence-corrected chi connectivity index (χ3v) is 5.97. The molecule has 0 heterocycles. The monoisotopic (exact) mass is 254 g/mol. The molecule has 0 saturated heterocycles. The van der Waals surface area contributed by atoms with Gasteiger partial charge in [0.05, 0.1) is 0 Å². The van der Waals surface area contributed by atoms with Crippen LogP contribution in [-0.2, 0) is 4.79 Å². The van der Waals surface area contributed by atoms with Gasteiger partial charge in [-0.1, -0.05) is 19.8 Å². The molecule has 0 aromatic heterocycles. The highest BCUT2D eigenvalue weighted by molar-refractivity contribution is 7.99. The van der Waals surface area contributed by atoms with Crippen molar-refractivity contribution in [3.63, 3.8) is 0 Å². The molecule has 0 N–H and O–H groups in total. The lowest BCUT2D eigenvalue weighted by atomic mass is 9.74. The molecule has 2 saturated carbocycles. The van der Waals surface area contributed by atoms with Crippen LogP contribution in [0.2, 0.25) is 0 Å². The molecule has 0 unspecified atom stereocenters. The van der Waals surface area contributed by atoms with Gasteiger partial charge in [-0.25, -0.2) is 0 Å². The number of rotatable bonds is 3. The van der Waals surface area contributed by atoms with Gasteiger partial charge in [0.1, 0.15) is 5.78 Å². The standard InChI is InChI=1S/C15H26OS/c1-11-3-5-12(6-4-11)15(16)13-7-9-14(17-2)10-8-13/h11-14H,3-10H2,1-2H3. The van der Waals surface area contributed by atoms with Crippen LogP contribution in [-0.4, -0.2) is 17.3 Å². The first-order valence-electron chi connectivity index (χ1n) is 7.27. The van der Waals surface area contributed by atoms with Crippen molar-refractivity contribution in [2.24, 2.45) is 17.8 Å². The number of hydrogen-bond donors (Lipinski definition) is 0. The average molecular weight is 254 g/mol. The van der Waals surface area contributed by atoms with Crippen LogP contribution in [0.15, 0.2) is 0 Å². The minimum absolute atomic E-state index is 0.414. The Morgan fingerprint density at radius 2 is 1.35 bits per heavy atom. The van der Waals surface area contributed by atoms with Gasteiger partial charge in [0.15, 0.2) is 0 Å². The second kappa shape index (κ2) is 6.26. The molecular formula is C15H26OS.